The molecule has 9 heteroatoms. The fraction of sp³-hybridized carbons (Fsp3) is 0.250. The Hall–Kier alpha value is -2.13. The van der Waals surface area contributed by atoms with Crippen molar-refractivity contribution >= 4 is 40.0 Å². The van der Waals surface area contributed by atoms with Crippen LogP contribution in [0.3, 0.4) is 0 Å². The number of benzene rings is 1. The molecule has 3 N–H and O–H groups in total. The molecule has 1 aromatic carbocycles. The number of nitrogen functional groups attached to an aromatic ring is 1. The van der Waals surface area contributed by atoms with Crippen LogP contribution in [0, 0.1) is 11.6 Å². The van der Waals surface area contributed by atoms with Crippen LogP contribution >= 0.6 is 23.1 Å². The van der Waals surface area contributed by atoms with Gasteiger partial charge in [-0.1, -0.05) is 0 Å². The summed E-state index contributed by atoms with van der Waals surface area (Å²) in [5.41, 5.74) is 6.32. The number of hydrogen-bond donors (Lipinski definition) is 2. The number of thioether (sulfide) groups is 1. The monoisotopic (exact) mass is 386 g/mol. The Morgan fingerprint density at radius 1 is 1.36 bits per heavy atom. The lowest BCUT2D eigenvalue weighted by Gasteiger charge is -2.08. The summed E-state index contributed by atoms with van der Waals surface area (Å²) in [4.78, 5) is 24.5. The number of nitrogens with one attached hydrogen (secondary N) is 1. The summed E-state index contributed by atoms with van der Waals surface area (Å²) in [6.45, 7) is 1.80. The van der Waals surface area contributed by atoms with E-state index >= 15 is 0 Å². The largest absolute Gasteiger partial charge is 0.462 e. The number of hydrogen-bond acceptors (Lipinski definition) is 6. The summed E-state index contributed by atoms with van der Waals surface area (Å²) < 4.78 is 32.1. The van der Waals surface area contributed by atoms with Crippen molar-refractivity contribution in [1.82, 2.24) is 5.32 Å². The van der Waals surface area contributed by atoms with E-state index < -0.39 is 23.5 Å². The maximum atomic E-state index is 13.8. The van der Waals surface area contributed by atoms with Gasteiger partial charge in [0.2, 0.25) is 0 Å². The van der Waals surface area contributed by atoms with E-state index in [0.29, 0.717) is 5.56 Å². The predicted molar refractivity (Wildman–Crippen MR) is 94.0 cm³/mol. The van der Waals surface area contributed by atoms with Gasteiger partial charge in [0.25, 0.3) is 5.91 Å². The standard InChI is InChI=1S/C16H16F2N2O3S2/c1-3-23-16(22)12-9(13(15(21)20-2)25-14(12)19)7-24-11-6-8(17)4-5-10(11)18/h4-6H,3,7,19H2,1-2H3,(H,20,21). The highest BCUT2D eigenvalue weighted by atomic mass is 32.2. The van der Waals surface area contributed by atoms with Gasteiger partial charge in [0.15, 0.2) is 0 Å². The van der Waals surface area contributed by atoms with Crippen LogP contribution in [0.25, 0.3) is 0 Å². The summed E-state index contributed by atoms with van der Waals surface area (Å²) in [6, 6.07) is 3.09. The second kappa shape index (κ2) is 8.30. The van der Waals surface area contributed by atoms with Gasteiger partial charge in [-0.15, -0.1) is 23.1 Å². The fourth-order valence-electron chi connectivity index (χ4n) is 2.08. The highest BCUT2D eigenvalue weighted by molar-refractivity contribution is 7.98. The molecule has 1 aromatic heterocycles. The van der Waals surface area contributed by atoms with Crippen molar-refractivity contribution in [3.8, 4) is 0 Å². The summed E-state index contributed by atoms with van der Waals surface area (Å²) in [5, 5.41) is 2.62. The van der Waals surface area contributed by atoms with Crippen LogP contribution in [0.4, 0.5) is 13.8 Å². The molecule has 1 heterocycles. The third kappa shape index (κ3) is 4.29. The first-order valence-corrected chi connectivity index (χ1v) is 9.07. The SMILES string of the molecule is CCOC(=O)c1c(N)sc(C(=O)NC)c1CSc1cc(F)ccc1F. The normalized spacial score (nSPS) is 10.6. The van der Waals surface area contributed by atoms with Gasteiger partial charge in [0, 0.05) is 23.3 Å². The van der Waals surface area contributed by atoms with Crippen molar-refractivity contribution in [3.05, 3.63) is 45.8 Å². The highest BCUT2D eigenvalue weighted by Gasteiger charge is 2.26. The van der Waals surface area contributed by atoms with Gasteiger partial charge >= 0.3 is 5.97 Å². The molecule has 0 fully saturated rings. The zero-order valence-electron chi connectivity index (χ0n) is 13.5. The van der Waals surface area contributed by atoms with Crippen LogP contribution in [0.2, 0.25) is 0 Å². The minimum Gasteiger partial charge on any atom is -0.462 e. The molecule has 0 aliphatic rings. The van der Waals surface area contributed by atoms with Gasteiger partial charge < -0.3 is 15.8 Å². The number of halogens is 2. The molecule has 2 aromatic rings. The minimum atomic E-state index is -0.651. The van der Waals surface area contributed by atoms with Crippen molar-refractivity contribution in [2.75, 3.05) is 19.4 Å². The minimum absolute atomic E-state index is 0.0605. The summed E-state index contributed by atoms with van der Waals surface area (Å²) in [6.07, 6.45) is 0. The molecular weight excluding hydrogens is 370 g/mol. The van der Waals surface area contributed by atoms with Crippen molar-refractivity contribution in [2.45, 2.75) is 17.6 Å². The molecule has 5 nitrogen and oxygen atoms in total. The number of carbonyl (C=O) groups excluding carboxylic acids is 2. The number of anilines is 1. The maximum absolute atomic E-state index is 13.8. The molecule has 0 saturated carbocycles. The van der Waals surface area contributed by atoms with Gasteiger partial charge in [-0.3, -0.25) is 4.79 Å². The van der Waals surface area contributed by atoms with E-state index in [0.717, 1.165) is 41.3 Å². The zero-order chi connectivity index (χ0) is 18.6. The van der Waals surface area contributed by atoms with Crippen LogP contribution < -0.4 is 11.1 Å². The van der Waals surface area contributed by atoms with Crippen LogP contribution in [0.15, 0.2) is 23.1 Å². The first-order valence-electron chi connectivity index (χ1n) is 7.27. The Kier molecular flexibility index (Phi) is 6.38. The molecule has 0 spiro atoms. The van der Waals surface area contributed by atoms with E-state index in [1.54, 1.807) is 6.92 Å². The van der Waals surface area contributed by atoms with Crippen LogP contribution in [-0.2, 0) is 10.5 Å². The molecule has 2 rings (SSSR count). The topological polar surface area (TPSA) is 81.4 Å². The van der Waals surface area contributed by atoms with Gasteiger partial charge in [-0.2, -0.15) is 0 Å². The Labute approximate surface area is 151 Å². The van der Waals surface area contributed by atoms with E-state index in [2.05, 4.69) is 5.32 Å². The molecule has 0 aliphatic heterocycles. The quantitative estimate of drug-likeness (QED) is 0.587. The predicted octanol–water partition coefficient (Wildman–Crippen LogP) is 3.44. The third-order valence-electron chi connectivity index (χ3n) is 3.21. The maximum Gasteiger partial charge on any atom is 0.341 e. The fourth-order valence-corrected chi connectivity index (χ4v) is 4.19. The Morgan fingerprint density at radius 2 is 2.08 bits per heavy atom. The van der Waals surface area contributed by atoms with Gasteiger partial charge in [-0.25, -0.2) is 13.6 Å². The van der Waals surface area contributed by atoms with Gasteiger partial charge in [0.05, 0.1) is 17.0 Å². The number of ether oxygens (including phenoxy) is 1. The van der Waals surface area contributed by atoms with E-state index in [1.165, 1.54) is 7.05 Å². The van der Waals surface area contributed by atoms with E-state index in [1.807, 2.05) is 0 Å². The van der Waals surface area contributed by atoms with E-state index in [9.17, 15) is 18.4 Å². The highest BCUT2D eigenvalue weighted by Crippen LogP contribution is 2.36. The molecule has 0 aliphatic carbocycles. The number of nitrogens with two attached hydrogens (primary N) is 1. The average molecular weight is 386 g/mol. The number of rotatable bonds is 6. The van der Waals surface area contributed by atoms with Crippen molar-refractivity contribution in [1.29, 1.82) is 0 Å². The van der Waals surface area contributed by atoms with Crippen molar-refractivity contribution in [3.63, 3.8) is 0 Å². The number of thiophene rings is 1. The Morgan fingerprint density at radius 3 is 2.72 bits per heavy atom. The molecule has 0 bridgehead atoms. The molecule has 0 radical (unpaired) electrons. The van der Waals surface area contributed by atoms with Crippen molar-refractivity contribution in [2.24, 2.45) is 0 Å². The second-order valence-electron chi connectivity index (χ2n) is 4.81. The van der Waals surface area contributed by atoms with Crippen LogP contribution in [-0.4, -0.2) is 25.5 Å². The number of esters is 1. The van der Waals surface area contributed by atoms with Crippen molar-refractivity contribution < 1.29 is 23.1 Å². The molecule has 0 atom stereocenters. The van der Waals surface area contributed by atoms with Crippen LogP contribution in [0.1, 0.15) is 32.5 Å². The zero-order valence-corrected chi connectivity index (χ0v) is 15.2. The molecule has 0 saturated heterocycles. The Balaban J connectivity index is 2.41. The summed E-state index contributed by atoms with van der Waals surface area (Å²) in [7, 11) is 1.45. The second-order valence-corrected chi connectivity index (χ2v) is 6.88. The lowest BCUT2D eigenvalue weighted by molar-refractivity contribution is 0.0527. The molecule has 1 amide bonds. The van der Waals surface area contributed by atoms with Gasteiger partial charge in [0.1, 0.15) is 16.6 Å². The summed E-state index contributed by atoms with van der Waals surface area (Å²) in [5.74, 6) is -2.17. The average Bonchev–Trinajstić information content (AvgIpc) is 2.91. The molecule has 0 unspecified atom stereocenters. The lowest BCUT2D eigenvalue weighted by atomic mass is 10.1. The smallest absolute Gasteiger partial charge is 0.341 e. The number of carbonyl (C=O) groups is 2. The van der Waals surface area contributed by atoms with Gasteiger partial charge in [-0.05, 0) is 25.1 Å². The first-order chi connectivity index (χ1) is 11.9. The van der Waals surface area contributed by atoms with E-state index in [-0.39, 0.29) is 32.7 Å². The van der Waals surface area contributed by atoms with E-state index in [4.69, 9.17) is 10.5 Å². The molecular formula is C16H16F2N2O3S2. The summed E-state index contributed by atoms with van der Waals surface area (Å²) >= 11 is 1.92. The molecule has 25 heavy (non-hydrogen) atoms. The number of amides is 1. The first kappa shape index (κ1) is 19.2. The van der Waals surface area contributed by atoms with Crippen LogP contribution in [0.5, 0.6) is 0 Å². The lowest BCUT2D eigenvalue weighted by Crippen LogP contribution is -2.18. The Bertz CT molecular complexity index is 809. The third-order valence-corrected chi connectivity index (χ3v) is 5.33. The molecule has 134 valence electrons.